The molecule has 18 heavy (non-hydrogen) atoms. The van der Waals surface area contributed by atoms with Crippen LogP contribution in [0.3, 0.4) is 0 Å². The first kappa shape index (κ1) is 12.6. The van der Waals surface area contributed by atoms with Crippen LogP contribution in [-0.2, 0) is 6.42 Å². The van der Waals surface area contributed by atoms with E-state index in [1.54, 1.807) is 7.11 Å². The second-order valence-electron chi connectivity index (χ2n) is 4.04. The lowest BCUT2D eigenvalue weighted by Gasteiger charge is -2.15. The van der Waals surface area contributed by atoms with E-state index in [9.17, 15) is 0 Å². The highest BCUT2D eigenvalue weighted by Crippen LogP contribution is 2.18. The third-order valence-corrected chi connectivity index (χ3v) is 2.79. The molecule has 0 spiro atoms. The molecule has 1 atom stereocenters. The monoisotopic (exact) mass is 246 g/mol. The van der Waals surface area contributed by atoms with Crippen LogP contribution in [0.4, 0.5) is 0 Å². The van der Waals surface area contributed by atoms with Gasteiger partial charge in [0.2, 0.25) is 0 Å². The quantitative estimate of drug-likeness (QED) is 0.814. The lowest BCUT2D eigenvalue weighted by molar-refractivity contribution is 0.413. The van der Waals surface area contributed by atoms with Gasteiger partial charge in [0.05, 0.1) is 13.2 Å². The van der Waals surface area contributed by atoms with Crippen molar-refractivity contribution in [1.82, 2.24) is 20.5 Å². The van der Waals surface area contributed by atoms with Crippen LogP contribution in [0.15, 0.2) is 30.6 Å². The number of hydrogen-bond acceptors (Lipinski definition) is 4. The molecular weight excluding hydrogens is 228 g/mol. The first-order chi connectivity index (χ1) is 8.83. The Balaban J connectivity index is 2.13. The number of methoxy groups -OCH3 is 1. The second kappa shape index (κ2) is 6.16. The van der Waals surface area contributed by atoms with Gasteiger partial charge < -0.3 is 10.1 Å². The fourth-order valence-electron chi connectivity index (χ4n) is 1.93. The van der Waals surface area contributed by atoms with E-state index in [1.807, 2.05) is 18.2 Å². The Bertz CT molecular complexity index is 470. The molecule has 0 saturated heterocycles. The highest BCUT2D eigenvalue weighted by atomic mass is 16.5. The summed E-state index contributed by atoms with van der Waals surface area (Å²) in [7, 11) is 1.68. The summed E-state index contributed by atoms with van der Waals surface area (Å²) < 4.78 is 5.23. The minimum atomic E-state index is 0.143. The Morgan fingerprint density at radius 2 is 2.33 bits per heavy atom. The number of benzene rings is 1. The van der Waals surface area contributed by atoms with Gasteiger partial charge in [0, 0.05) is 0 Å². The van der Waals surface area contributed by atoms with Gasteiger partial charge >= 0.3 is 0 Å². The van der Waals surface area contributed by atoms with Gasteiger partial charge in [-0.1, -0.05) is 19.1 Å². The largest absolute Gasteiger partial charge is 0.497 e. The van der Waals surface area contributed by atoms with Crippen molar-refractivity contribution in [3.63, 3.8) is 0 Å². The van der Waals surface area contributed by atoms with Crippen molar-refractivity contribution in [2.45, 2.75) is 19.4 Å². The zero-order valence-electron chi connectivity index (χ0n) is 10.7. The van der Waals surface area contributed by atoms with E-state index in [0.29, 0.717) is 0 Å². The molecule has 2 rings (SSSR count). The number of aromatic nitrogens is 3. The number of hydrogen-bond donors (Lipinski definition) is 2. The van der Waals surface area contributed by atoms with Crippen molar-refractivity contribution in [2.24, 2.45) is 0 Å². The summed E-state index contributed by atoms with van der Waals surface area (Å²) in [6.45, 7) is 2.96. The molecule has 1 heterocycles. The molecular formula is C13H18N4O. The Labute approximate surface area is 107 Å². The summed E-state index contributed by atoms with van der Waals surface area (Å²) in [6.07, 6.45) is 2.38. The van der Waals surface area contributed by atoms with E-state index in [4.69, 9.17) is 4.74 Å². The Hall–Kier alpha value is -1.88. The number of nitrogens with zero attached hydrogens (tertiary/aromatic N) is 2. The second-order valence-corrected chi connectivity index (χ2v) is 4.04. The molecule has 0 aliphatic heterocycles. The summed E-state index contributed by atoms with van der Waals surface area (Å²) in [4.78, 5) is 4.21. The molecule has 0 aliphatic rings. The Morgan fingerprint density at radius 3 is 3.00 bits per heavy atom. The Morgan fingerprint density at radius 1 is 1.44 bits per heavy atom. The van der Waals surface area contributed by atoms with Crippen LogP contribution >= 0.6 is 0 Å². The van der Waals surface area contributed by atoms with Gasteiger partial charge in [-0.05, 0) is 30.7 Å². The normalized spacial score (nSPS) is 12.3. The molecule has 2 aromatic rings. The SMILES string of the molecule is CCNC(Cc1cccc(OC)c1)c1ncn[nH]1. The third-order valence-electron chi connectivity index (χ3n) is 2.79. The molecule has 1 aromatic heterocycles. The lowest BCUT2D eigenvalue weighted by atomic mass is 10.1. The third kappa shape index (κ3) is 3.07. The zero-order valence-corrected chi connectivity index (χ0v) is 10.7. The number of likely N-dealkylation sites (N-methyl/N-ethyl adjacent to an activating group) is 1. The van der Waals surface area contributed by atoms with Crippen molar-refractivity contribution in [1.29, 1.82) is 0 Å². The standard InChI is InChI=1S/C13H18N4O/c1-3-14-12(13-15-9-16-17-13)8-10-5-4-6-11(7-10)18-2/h4-7,9,12,14H,3,8H2,1-2H3,(H,15,16,17). The van der Waals surface area contributed by atoms with E-state index < -0.39 is 0 Å². The summed E-state index contributed by atoms with van der Waals surface area (Å²) in [5.74, 6) is 1.74. The lowest BCUT2D eigenvalue weighted by Crippen LogP contribution is -2.24. The van der Waals surface area contributed by atoms with Crippen molar-refractivity contribution >= 4 is 0 Å². The predicted octanol–water partition coefficient (Wildman–Crippen LogP) is 1.71. The molecule has 1 unspecified atom stereocenters. The van der Waals surface area contributed by atoms with Crippen molar-refractivity contribution in [3.05, 3.63) is 42.0 Å². The van der Waals surface area contributed by atoms with Crippen LogP contribution in [0.5, 0.6) is 5.75 Å². The predicted molar refractivity (Wildman–Crippen MR) is 69.5 cm³/mol. The smallest absolute Gasteiger partial charge is 0.141 e. The van der Waals surface area contributed by atoms with E-state index in [-0.39, 0.29) is 6.04 Å². The summed E-state index contributed by atoms with van der Waals surface area (Å²) in [5.41, 5.74) is 1.21. The first-order valence-corrected chi connectivity index (χ1v) is 6.05. The first-order valence-electron chi connectivity index (χ1n) is 6.05. The minimum Gasteiger partial charge on any atom is -0.497 e. The molecule has 0 bridgehead atoms. The summed E-state index contributed by atoms with van der Waals surface area (Å²) >= 11 is 0. The molecule has 0 fully saturated rings. The van der Waals surface area contributed by atoms with Gasteiger partial charge in [0.1, 0.15) is 17.9 Å². The van der Waals surface area contributed by atoms with Gasteiger partial charge in [-0.15, -0.1) is 0 Å². The fraction of sp³-hybridized carbons (Fsp3) is 0.385. The molecule has 5 heteroatoms. The minimum absolute atomic E-state index is 0.143. The molecule has 0 aliphatic carbocycles. The van der Waals surface area contributed by atoms with Gasteiger partial charge in [-0.25, -0.2) is 4.98 Å². The van der Waals surface area contributed by atoms with Crippen molar-refractivity contribution in [2.75, 3.05) is 13.7 Å². The maximum absolute atomic E-state index is 5.23. The highest BCUT2D eigenvalue weighted by molar-refractivity contribution is 5.29. The van der Waals surface area contributed by atoms with E-state index in [0.717, 1.165) is 24.5 Å². The fourth-order valence-corrected chi connectivity index (χ4v) is 1.93. The van der Waals surface area contributed by atoms with Gasteiger partial charge in [-0.3, -0.25) is 5.10 Å². The highest BCUT2D eigenvalue weighted by Gasteiger charge is 2.14. The topological polar surface area (TPSA) is 62.8 Å². The van der Waals surface area contributed by atoms with Crippen LogP contribution in [-0.4, -0.2) is 28.8 Å². The van der Waals surface area contributed by atoms with E-state index in [2.05, 4.69) is 33.5 Å². The number of rotatable bonds is 6. The van der Waals surface area contributed by atoms with Gasteiger partial charge in [0.25, 0.3) is 0 Å². The van der Waals surface area contributed by atoms with Gasteiger partial charge in [-0.2, -0.15) is 5.10 Å². The molecule has 96 valence electrons. The summed E-state index contributed by atoms with van der Waals surface area (Å²) in [5, 5.41) is 10.2. The molecule has 0 saturated carbocycles. The summed E-state index contributed by atoms with van der Waals surface area (Å²) in [6, 6.07) is 8.21. The van der Waals surface area contributed by atoms with Crippen LogP contribution in [0.1, 0.15) is 24.4 Å². The van der Waals surface area contributed by atoms with E-state index >= 15 is 0 Å². The number of ether oxygens (including phenoxy) is 1. The molecule has 2 N–H and O–H groups in total. The molecule has 0 amide bonds. The van der Waals surface area contributed by atoms with Crippen molar-refractivity contribution in [3.8, 4) is 5.75 Å². The average Bonchev–Trinajstić information content (AvgIpc) is 2.92. The van der Waals surface area contributed by atoms with Crippen LogP contribution in [0.25, 0.3) is 0 Å². The number of H-pyrrole nitrogens is 1. The maximum atomic E-state index is 5.23. The maximum Gasteiger partial charge on any atom is 0.141 e. The van der Waals surface area contributed by atoms with Gasteiger partial charge in [0.15, 0.2) is 0 Å². The number of nitrogens with one attached hydrogen (secondary N) is 2. The van der Waals surface area contributed by atoms with Crippen LogP contribution in [0.2, 0.25) is 0 Å². The molecule has 5 nitrogen and oxygen atoms in total. The molecule has 0 radical (unpaired) electrons. The van der Waals surface area contributed by atoms with E-state index in [1.165, 1.54) is 11.9 Å². The van der Waals surface area contributed by atoms with Crippen LogP contribution < -0.4 is 10.1 Å². The van der Waals surface area contributed by atoms with Crippen molar-refractivity contribution < 1.29 is 4.74 Å². The number of aromatic amines is 1. The molecule has 1 aromatic carbocycles. The Kier molecular flexibility index (Phi) is 4.30. The average molecular weight is 246 g/mol. The van der Waals surface area contributed by atoms with Crippen LogP contribution in [0, 0.1) is 0 Å². The zero-order chi connectivity index (χ0) is 12.8.